The van der Waals surface area contributed by atoms with Gasteiger partial charge in [-0.25, -0.2) is 0 Å². The Bertz CT molecular complexity index is 374. The molecule has 0 saturated heterocycles. The van der Waals surface area contributed by atoms with Crippen LogP contribution in [0.2, 0.25) is 5.02 Å². The van der Waals surface area contributed by atoms with E-state index in [-0.39, 0.29) is 0 Å². The van der Waals surface area contributed by atoms with Crippen LogP contribution in [0, 0.1) is 6.92 Å². The highest BCUT2D eigenvalue weighted by Crippen LogP contribution is 2.24. The van der Waals surface area contributed by atoms with Crippen molar-refractivity contribution < 1.29 is 9.84 Å². The van der Waals surface area contributed by atoms with E-state index in [9.17, 15) is 5.11 Å². The van der Waals surface area contributed by atoms with Gasteiger partial charge in [-0.05, 0) is 44.9 Å². The zero-order chi connectivity index (χ0) is 13.1. The summed E-state index contributed by atoms with van der Waals surface area (Å²) in [5.41, 5.74) is 1.53. The molecule has 1 unspecified atom stereocenters. The summed E-state index contributed by atoms with van der Waals surface area (Å²) in [5, 5.41) is 10.9. The Morgan fingerprint density at radius 3 is 2.59 bits per heavy atom. The van der Waals surface area contributed by atoms with Gasteiger partial charge in [-0.1, -0.05) is 23.7 Å². The molecule has 0 saturated carbocycles. The zero-order valence-electron chi connectivity index (χ0n) is 11.0. The summed E-state index contributed by atoms with van der Waals surface area (Å²) in [6, 6.07) is 5.88. The van der Waals surface area contributed by atoms with Gasteiger partial charge in [-0.3, -0.25) is 0 Å². The van der Waals surface area contributed by atoms with Crippen LogP contribution >= 0.6 is 11.6 Å². The maximum absolute atomic E-state index is 10.2. The van der Waals surface area contributed by atoms with Crippen LogP contribution in [-0.2, 0) is 11.2 Å². The number of hydrogen-bond acceptors (Lipinski definition) is 2. The number of hydrogen-bond donors (Lipinski definition) is 1. The first-order chi connectivity index (χ1) is 7.86. The molecule has 0 bridgehead atoms. The minimum absolute atomic E-state index is 0.506. The fourth-order valence-electron chi connectivity index (χ4n) is 1.74. The van der Waals surface area contributed by atoms with Crippen molar-refractivity contribution in [1.82, 2.24) is 0 Å². The molecule has 1 aromatic carbocycles. The molecule has 0 aliphatic heterocycles. The zero-order valence-corrected chi connectivity index (χ0v) is 11.7. The van der Waals surface area contributed by atoms with Gasteiger partial charge in [0.15, 0.2) is 0 Å². The molecule has 1 atom stereocenters. The SMILES string of the molecule is CCOC(C)(C)C(O)Cc1ccc(C)cc1Cl. The average molecular weight is 257 g/mol. The Morgan fingerprint density at radius 2 is 2.06 bits per heavy atom. The fraction of sp³-hybridized carbons (Fsp3) is 0.571. The lowest BCUT2D eigenvalue weighted by Gasteiger charge is -2.30. The van der Waals surface area contributed by atoms with Gasteiger partial charge in [0.25, 0.3) is 0 Å². The van der Waals surface area contributed by atoms with Crippen molar-refractivity contribution in [3.63, 3.8) is 0 Å². The lowest BCUT2D eigenvalue weighted by atomic mass is 9.94. The molecule has 0 spiro atoms. The number of aliphatic hydroxyl groups is 1. The molecule has 1 aromatic rings. The predicted molar refractivity (Wildman–Crippen MR) is 71.6 cm³/mol. The summed E-state index contributed by atoms with van der Waals surface area (Å²) in [6.07, 6.45) is -0.0609. The highest BCUT2D eigenvalue weighted by Gasteiger charge is 2.28. The Hall–Kier alpha value is -0.570. The molecule has 0 aliphatic carbocycles. The first-order valence-corrected chi connectivity index (χ1v) is 6.31. The molecular formula is C14H21ClO2. The van der Waals surface area contributed by atoms with E-state index in [0.29, 0.717) is 18.1 Å². The lowest BCUT2D eigenvalue weighted by molar-refractivity contribution is -0.0955. The third kappa shape index (κ3) is 3.98. The smallest absolute Gasteiger partial charge is 0.0887 e. The van der Waals surface area contributed by atoms with Gasteiger partial charge in [-0.2, -0.15) is 0 Å². The maximum Gasteiger partial charge on any atom is 0.0887 e. The van der Waals surface area contributed by atoms with Crippen LogP contribution in [0.4, 0.5) is 0 Å². The monoisotopic (exact) mass is 256 g/mol. The van der Waals surface area contributed by atoms with Crippen molar-refractivity contribution in [2.75, 3.05) is 6.61 Å². The van der Waals surface area contributed by atoms with Gasteiger partial charge >= 0.3 is 0 Å². The molecule has 0 radical (unpaired) electrons. The number of ether oxygens (including phenoxy) is 1. The van der Waals surface area contributed by atoms with Crippen molar-refractivity contribution in [2.24, 2.45) is 0 Å². The van der Waals surface area contributed by atoms with Crippen LogP contribution in [0.1, 0.15) is 31.9 Å². The second-order valence-corrected chi connectivity index (χ2v) is 5.26. The van der Waals surface area contributed by atoms with Gasteiger partial charge in [0, 0.05) is 18.1 Å². The maximum atomic E-state index is 10.2. The summed E-state index contributed by atoms with van der Waals surface area (Å²) in [4.78, 5) is 0. The largest absolute Gasteiger partial charge is 0.390 e. The Kier molecular flexibility index (Phi) is 4.99. The van der Waals surface area contributed by atoms with Crippen molar-refractivity contribution in [3.8, 4) is 0 Å². The van der Waals surface area contributed by atoms with Gasteiger partial charge in [-0.15, -0.1) is 0 Å². The van der Waals surface area contributed by atoms with Crippen LogP contribution in [0.3, 0.4) is 0 Å². The Labute approximate surface area is 109 Å². The van der Waals surface area contributed by atoms with Crippen LogP contribution in [0.5, 0.6) is 0 Å². The molecule has 0 heterocycles. The molecule has 1 rings (SSSR count). The molecule has 1 N–H and O–H groups in total. The lowest BCUT2D eigenvalue weighted by Crippen LogP contribution is -2.40. The average Bonchev–Trinajstić information content (AvgIpc) is 2.22. The van der Waals surface area contributed by atoms with E-state index in [1.54, 1.807) is 0 Å². The van der Waals surface area contributed by atoms with Crippen LogP contribution in [0.15, 0.2) is 18.2 Å². The topological polar surface area (TPSA) is 29.5 Å². The number of rotatable bonds is 5. The van der Waals surface area contributed by atoms with Crippen molar-refractivity contribution in [2.45, 2.75) is 45.8 Å². The minimum Gasteiger partial charge on any atom is -0.390 e. The third-order valence-electron chi connectivity index (χ3n) is 2.94. The van der Waals surface area contributed by atoms with E-state index < -0.39 is 11.7 Å². The van der Waals surface area contributed by atoms with E-state index in [0.717, 1.165) is 11.1 Å². The summed E-state index contributed by atoms with van der Waals surface area (Å²) < 4.78 is 5.53. The van der Waals surface area contributed by atoms with Crippen molar-refractivity contribution in [1.29, 1.82) is 0 Å². The minimum atomic E-state index is -0.567. The summed E-state index contributed by atoms with van der Waals surface area (Å²) in [7, 11) is 0. The van der Waals surface area contributed by atoms with E-state index in [2.05, 4.69) is 0 Å². The molecule has 3 heteroatoms. The van der Waals surface area contributed by atoms with Gasteiger partial charge < -0.3 is 9.84 Å². The predicted octanol–water partition coefficient (Wildman–Crippen LogP) is 3.37. The molecular weight excluding hydrogens is 236 g/mol. The summed E-state index contributed by atoms with van der Waals surface area (Å²) >= 11 is 6.15. The number of halogens is 1. The van der Waals surface area contributed by atoms with Gasteiger partial charge in [0.2, 0.25) is 0 Å². The standard InChI is InChI=1S/C14H21ClO2/c1-5-17-14(3,4)13(16)9-11-7-6-10(2)8-12(11)15/h6-8,13,16H,5,9H2,1-4H3. The summed E-state index contributed by atoms with van der Waals surface area (Å²) in [6.45, 7) is 8.29. The Morgan fingerprint density at radius 1 is 1.41 bits per heavy atom. The Balaban J connectivity index is 2.77. The molecule has 0 aliphatic rings. The van der Waals surface area contributed by atoms with Gasteiger partial charge in [0.1, 0.15) is 0 Å². The number of benzene rings is 1. The first kappa shape index (κ1) is 14.5. The van der Waals surface area contributed by atoms with E-state index in [4.69, 9.17) is 16.3 Å². The third-order valence-corrected chi connectivity index (χ3v) is 3.29. The van der Waals surface area contributed by atoms with Crippen molar-refractivity contribution >= 4 is 11.6 Å². The number of aryl methyl sites for hydroxylation is 1. The first-order valence-electron chi connectivity index (χ1n) is 5.94. The van der Waals surface area contributed by atoms with Crippen LogP contribution < -0.4 is 0 Å². The van der Waals surface area contributed by atoms with E-state index in [1.165, 1.54) is 0 Å². The normalized spacial score (nSPS) is 13.8. The van der Waals surface area contributed by atoms with E-state index >= 15 is 0 Å². The quantitative estimate of drug-likeness (QED) is 0.875. The highest BCUT2D eigenvalue weighted by atomic mass is 35.5. The van der Waals surface area contributed by atoms with Crippen LogP contribution in [-0.4, -0.2) is 23.4 Å². The summed E-state index contributed by atoms with van der Waals surface area (Å²) in [5.74, 6) is 0. The second-order valence-electron chi connectivity index (χ2n) is 4.85. The highest BCUT2D eigenvalue weighted by molar-refractivity contribution is 6.31. The fourth-order valence-corrected chi connectivity index (χ4v) is 2.05. The van der Waals surface area contributed by atoms with Crippen molar-refractivity contribution in [3.05, 3.63) is 34.3 Å². The van der Waals surface area contributed by atoms with Crippen LogP contribution in [0.25, 0.3) is 0 Å². The molecule has 96 valence electrons. The second kappa shape index (κ2) is 5.85. The molecule has 2 nitrogen and oxygen atoms in total. The molecule has 0 fully saturated rings. The molecule has 0 amide bonds. The van der Waals surface area contributed by atoms with Gasteiger partial charge in [0.05, 0.1) is 11.7 Å². The molecule has 17 heavy (non-hydrogen) atoms. The number of aliphatic hydroxyl groups excluding tert-OH is 1. The van der Waals surface area contributed by atoms with E-state index in [1.807, 2.05) is 45.9 Å². The molecule has 0 aromatic heterocycles.